The number of hydrogen-bond acceptors (Lipinski definition) is 7. The van der Waals surface area contributed by atoms with Gasteiger partial charge in [0.05, 0.1) is 33.8 Å². The maximum atomic E-state index is 13.5. The van der Waals surface area contributed by atoms with Crippen LogP contribution in [0.3, 0.4) is 0 Å². The number of phosphoric ester groups is 1. The molecule has 0 aromatic rings. The summed E-state index contributed by atoms with van der Waals surface area (Å²) < 4.78 is 30.3. The number of amides is 1. The van der Waals surface area contributed by atoms with E-state index in [1.54, 1.807) is 0 Å². The fraction of sp³-hybridized carbons (Fsp3) is 0.812. The molecule has 9 nitrogen and oxygen atoms in total. The molecule has 1 N–H and O–H groups in total. The zero-order chi connectivity index (χ0) is 54.3. The molecule has 1 amide bonds. The van der Waals surface area contributed by atoms with Gasteiger partial charge in [0.15, 0.2) is 0 Å². The van der Waals surface area contributed by atoms with Gasteiger partial charge in [-0.15, -0.1) is 0 Å². The first kappa shape index (κ1) is 71.7. The number of allylic oxidation sites excluding steroid dienone is 9. The van der Waals surface area contributed by atoms with E-state index in [0.717, 1.165) is 77.0 Å². The van der Waals surface area contributed by atoms with Crippen LogP contribution in [0.5, 0.6) is 0 Å². The average molecular weight is 1060 g/mol. The van der Waals surface area contributed by atoms with Gasteiger partial charge < -0.3 is 28.5 Å². The van der Waals surface area contributed by atoms with Crippen LogP contribution in [0.2, 0.25) is 0 Å². The lowest BCUT2D eigenvalue weighted by Gasteiger charge is -2.30. The Morgan fingerprint density at radius 1 is 0.473 bits per heavy atom. The molecule has 3 unspecified atom stereocenters. The van der Waals surface area contributed by atoms with Crippen LogP contribution in [0.15, 0.2) is 60.8 Å². The van der Waals surface area contributed by atoms with Crippen molar-refractivity contribution < 1.29 is 37.3 Å². The van der Waals surface area contributed by atoms with Gasteiger partial charge in [-0.1, -0.05) is 255 Å². The predicted molar refractivity (Wildman–Crippen MR) is 316 cm³/mol. The van der Waals surface area contributed by atoms with Gasteiger partial charge in [0, 0.05) is 12.8 Å². The maximum absolute atomic E-state index is 13.5. The van der Waals surface area contributed by atoms with Crippen molar-refractivity contribution in [1.82, 2.24) is 5.32 Å². The Hall–Kier alpha value is -2.29. The molecule has 432 valence electrons. The van der Waals surface area contributed by atoms with E-state index in [2.05, 4.69) is 74.7 Å². The molecule has 0 aromatic heterocycles. The maximum Gasteiger partial charge on any atom is 0.306 e. The molecule has 0 spiro atoms. The Morgan fingerprint density at radius 3 is 1.27 bits per heavy atom. The third-order valence-electron chi connectivity index (χ3n) is 13.7. The number of nitrogens with zero attached hydrogens (tertiary/aromatic N) is 1. The second-order valence-electron chi connectivity index (χ2n) is 22.2. The van der Waals surface area contributed by atoms with E-state index in [1.165, 1.54) is 167 Å². The van der Waals surface area contributed by atoms with Gasteiger partial charge in [0.1, 0.15) is 19.3 Å². The zero-order valence-corrected chi connectivity index (χ0v) is 50.2. The van der Waals surface area contributed by atoms with Gasteiger partial charge in [-0.3, -0.25) is 14.2 Å². The number of rotatable bonds is 56. The second kappa shape index (κ2) is 54.1. The minimum absolute atomic E-state index is 0.0275. The lowest BCUT2D eigenvalue weighted by Crippen LogP contribution is -2.47. The van der Waals surface area contributed by atoms with E-state index < -0.39 is 26.6 Å². The first-order chi connectivity index (χ1) is 35.9. The molecule has 0 aliphatic heterocycles. The smallest absolute Gasteiger partial charge is 0.306 e. The minimum atomic E-state index is -4.70. The summed E-state index contributed by atoms with van der Waals surface area (Å²) in [4.78, 5) is 40.0. The standard InChI is InChI=1S/C64H119N2O7P/c1-7-10-13-16-19-22-25-28-30-32-33-34-36-39-42-45-48-51-54-57-64(68)73-62(55-52-49-46-43-40-37-27-24-21-18-15-12-9-3)61(60-72-74(69,70)71-59-58-66(4,5)6)65-63(67)56-53-50-47-44-41-38-35-31-29-26-23-20-17-14-11-8-2/h19,22,28,30,33-34,39,42,52,55,61-62H,7-18,20-21,23-27,29,31-32,35-38,40-41,43-51,53-54,56-60H2,1-6H3,(H-,65,67,69,70)/b22-19-,30-28-,34-33-,42-39-,55-52+. The SMILES string of the molecule is CCCCC/C=C\C/C=C\C/C=C\C/C=C\CCCCCC(=O)OC(/C=C/CCCCCCCCCCCCC)C(COP(=O)([O-])OCC[N+](C)(C)C)NC(=O)CCCCCCCCCCCCCCCCCC. The van der Waals surface area contributed by atoms with Crippen molar-refractivity contribution in [3.8, 4) is 0 Å². The Kier molecular flexibility index (Phi) is 52.4. The largest absolute Gasteiger partial charge is 0.756 e. The lowest BCUT2D eigenvalue weighted by molar-refractivity contribution is -0.870. The third kappa shape index (κ3) is 54.5. The fourth-order valence-electron chi connectivity index (χ4n) is 8.86. The molecule has 0 radical (unpaired) electrons. The number of hydrogen-bond donors (Lipinski definition) is 1. The molecule has 0 heterocycles. The van der Waals surface area contributed by atoms with Crippen LogP contribution in [0, 0.1) is 0 Å². The van der Waals surface area contributed by atoms with E-state index in [0.29, 0.717) is 23.9 Å². The first-order valence-electron chi connectivity index (χ1n) is 31.1. The molecule has 0 saturated heterocycles. The third-order valence-corrected chi connectivity index (χ3v) is 14.7. The number of quaternary nitrogens is 1. The molecule has 0 rings (SSSR count). The Labute approximate surface area is 458 Å². The number of esters is 1. The van der Waals surface area contributed by atoms with Crippen molar-refractivity contribution in [2.75, 3.05) is 40.9 Å². The highest BCUT2D eigenvalue weighted by Crippen LogP contribution is 2.38. The van der Waals surface area contributed by atoms with Crippen molar-refractivity contribution in [1.29, 1.82) is 0 Å². The summed E-state index contributed by atoms with van der Waals surface area (Å²) in [7, 11) is 1.17. The highest BCUT2D eigenvalue weighted by molar-refractivity contribution is 7.45. The van der Waals surface area contributed by atoms with E-state index in [4.69, 9.17) is 13.8 Å². The van der Waals surface area contributed by atoms with Crippen LogP contribution in [-0.4, -0.2) is 69.4 Å². The number of carbonyl (C=O) groups is 2. The Morgan fingerprint density at radius 2 is 0.824 bits per heavy atom. The molecular formula is C64H119N2O7P. The number of carbonyl (C=O) groups excluding carboxylic acids is 2. The lowest BCUT2D eigenvalue weighted by atomic mass is 10.0. The summed E-state index contributed by atoms with van der Waals surface area (Å²) in [6.45, 7) is 6.82. The number of likely N-dealkylation sites (N-methyl/N-ethyl adjacent to an activating group) is 1. The molecule has 0 saturated carbocycles. The monoisotopic (exact) mass is 1060 g/mol. The number of unbranched alkanes of at least 4 members (excludes halogenated alkanes) is 32. The summed E-state index contributed by atoms with van der Waals surface area (Å²) in [6, 6.07) is -0.900. The quantitative estimate of drug-likeness (QED) is 0.0212. The molecule has 0 aliphatic rings. The number of nitrogens with one attached hydrogen (secondary N) is 1. The minimum Gasteiger partial charge on any atom is -0.756 e. The normalized spacial score (nSPS) is 14.1. The van der Waals surface area contributed by atoms with Crippen molar-refractivity contribution >= 4 is 19.7 Å². The van der Waals surface area contributed by atoms with Gasteiger partial charge >= 0.3 is 5.97 Å². The number of ether oxygens (including phenoxy) is 1. The molecule has 74 heavy (non-hydrogen) atoms. The van der Waals surface area contributed by atoms with Crippen molar-refractivity contribution in [3.63, 3.8) is 0 Å². The predicted octanol–water partition coefficient (Wildman–Crippen LogP) is 18.4. The summed E-state index contributed by atoms with van der Waals surface area (Å²) in [5.41, 5.74) is 0. The molecule has 0 aromatic carbocycles. The van der Waals surface area contributed by atoms with Gasteiger partial charge in [0.25, 0.3) is 7.82 Å². The van der Waals surface area contributed by atoms with E-state index in [9.17, 15) is 19.0 Å². The van der Waals surface area contributed by atoms with Gasteiger partial charge in [-0.05, 0) is 76.7 Å². The van der Waals surface area contributed by atoms with Crippen LogP contribution < -0.4 is 10.2 Å². The van der Waals surface area contributed by atoms with Crippen molar-refractivity contribution in [2.45, 2.75) is 296 Å². The van der Waals surface area contributed by atoms with Crippen LogP contribution >= 0.6 is 7.82 Å². The van der Waals surface area contributed by atoms with Gasteiger partial charge in [-0.2, -0.15) is 0 Å². The Bertz CT molecular complexity index is 1450. The molecule has 0 aliphatic carbocycles. The molecular weight excluding hydrogens is 940 g/mol. The second-order valence-corrected chi connectivity index (χ2v) is 23.6. The van der Waals surface area contributed by atoms with Crippen molar-refractivity contribution in [3.05, 3.63) is 60.8 Å². The molecule has 0 fully saturated rings. The number of phosphoric acid groups is 1. The average Bonchev–Trinajstić information content (AvgIpc) is 3.36. The van der Waals surface area contributed by atoms with Crippen LogP contribution in [0.1, 0.15) is 284 Å². The first-order valence-corrected chi connectivity index (χ1v) is 32.6. The highest BCUT2D eigenvalue weighted by Gasteiger charge is 2.27. The summed E-state index contributed by atoms with van der Waals surface area (Å²) in [6.07, 6.45) is 67.5. The Balaban J connectivity index is 5.35. The molecule has 0 bridgehead atoms. The molecule has 3 atom stereocenters. The van der Waals surface area contributed by atoms with Gasteiger partial charge in [0.2, 0.25) is 5.91 Å². The van der Waals surface area contributed by atoms with Gasteiger partial charge in [-0.25, -0.2) is 0 Å². The topological polar surface area (TPSA) is 114 Å². The summed E-state index contributed by atoms with van der Waals surface area (Å²) in [5.74, 6) is -0.569. The van der Waals surface area contributed by atoms with Crippen LogP contribution in [0.25, 0.3) is 0 Å². The summed E-state index contributed by atoms with van der Waals surface area (Å²) >= 11 is 0. The van der Waals surface area contributed by atoms with Crippen LogP contribution in [0.4, 0.5) is 0 Å². The fourth-order valence-corrected chi connectivity index (χ4v) is 9.58. The van der Waals surface area contributed by atoms with E-state index in [1.807, 2.05) is 33.3 Å². The van der Waals surface area contributed by atoms with E-state index in [-0.39, 0.29) is 24.9 Å². The van der Waals surface area contributed by atoms with E-state index >= 15 is 0 Å². The zero-order valence-electron chi connectivity index (χ0n) is 49.3. The highest BCUT2D eigenvalue weighted by atomic mass is 31.2. The molecule has 10 heteroatoms. The van der Waals surface area contributed by atoms with Crippen LogP contribution in [-0.2, 0) is 27.9 Å². The summed E-state index contributed by atoms with van der Waals surface area (Å²) in [5, 5.41) is 3.02. The van der Waals surface area contributed by atoms with Crippen molar-refractivity contribution in [2.24, 2.45) is 0 Å².